The summed E-state index contributed by atoms with van der Waals surface area (Å²) in [6.45, 7) is 5.99. The summed E-state index contributed by atoms with van der Waals surface area (Å²) in [6.07, 6.45) is 10.3. The van der Waals surface area contributed by atoms with Crippen LogP contribution in [0.4, 0.5) is 4.39 Å². The van der Waals surface area contributed by atoms with Crippen molar-refractivity contribution in [1.82, 2.24) is 20.5 Å². The molecule has 12 heteroatoms. The fraction of sp³-hybridized carbons (Fsp3) is 0.667. The van der Waals surface area contributed by atoms with Gasteiger partial charge in [-0.1, -0.05) is 85.1 Å². The summed E-state index contributed by atoms with van der Waals surface area (Å²) < 4.78 is 14.1. The van der Waals surface area contributed by atoms with E-state index in [0.29, 0.717) is 0 Å². The highest BCUT2D eigenvalue weighted by molar-refractivity contribution is 9.09. The Hall–Kier alpha value is -2.02. The van der Waals surface area contributed by atoms with Crippen LogP contribution in [-0.4, -0.2) is 78.9 Å². The normalized spacial score (nSPS) is 19.2. The van der Waals surface area contributed by atoms with Gasteiger partial charge in [-0.05, 0) is 63.3 Å². The lowest BCUT2D eigenvalue weighted by Crippen LogP contribution is -2.61. The van der Waals surface area contributed by atoms with E-state index in [1.54, 1.807) is 23.1 Å². The second kappa shape index (κ2) is 18.3. The number of hydrogen-bond acceptors (Lipinski definition) is 7. The zero-order valence-corrected chi connectivity index (χ0v) is 31.8. The van der Waals surface area contributed by atoms with E-state index in [0.717, 1.165) is 45.6 Å². The fourth-order valence-electron chi connectivity index (χ4n) is 6.11. The number of carbonyl (C=O) groups excluding carboxylic acids is 3. The number of halogens is 2. The molecule has 3 atom stereocenters. The van der Waals surface area contributed by atoms with Crippen LogP contribution in [0.3, 0.4) is 0 Å². The molecule has 1 aromatic heterocycles. The molecule has 0 spiro atoms. The number of hydrogen-bond donors (Lipinski definition) is 3. The van der Waals surface area contributed by atoms with Crippen molar-refractivity contribution in [3.63, 3.8) is 0 Å². The largest absolute Gasteiger partial charge is 0.391 e. The number of carbonyl (C=O) groups is 3. The summed E-state index contributed by atoms with van der Waals surface area (Å²) in [5.41, 5.74) is 2.80. The zero-order chi connectivity index (χ0) is 34.7. The number of amides is 3. The number of thioether (sulfide) groups is 1. The van der Waals surface area contributed by atoms with E-state index < -0.39 is 40.4 Å². The molecule has 1 aliphatic carbocycles. The molecular formula is C36H52BrFN4O4S2. The van der Waals surface area contributed by atoms with Gasteiger partial charge in [-0.25, -0.2) is 9.37 Å². The second-order valence-corrected chi connectivity index (χ2v) is 17.2. The van der Waals surface area contributed by atoms with Gasteiger partial charge in [0.05, 0.1) is 22.2 Å². The molecule has 0 bridgehead atoms. The number of likely N-dealkylation sites (tertiary alicyclic amines) is 1. The molecule has 3 N–H and O–H groups in total. The minimum atomic E-state index is -1.94. The Kier molecular flexibility index (Phi) is 14.8. The molecule has 1 saturated heterocycles. The average molecular weight is 768 g/mol. The molecule has 0 radical (unpaired) electrons. The minimum Gasteiger partial charge on any atom is -0.391 e. The highest BCUT2D eigenvalue weighted by Crippen LogP contribution is 2.41. The molecule has 266 valence electrons. The number of benzene rings is 1. The molecule has 3 amide bonds. The van der Waals surface area contributed by atoms with Crippen LogP contribution in [0.15, 0.2) is 29.8 Å². The molecule has 1 aliphatic heterocycles. The van der Waals surface area contributed by atoms with Gasteiger partial charge in [-0.15, -0.1) is 11.3 Å². The van der Waals surface area contributed by atoms with Gasteiger partial charge < -0.3 is 20.6 Å². The number of alkyl halides is 2. The van der Waals surface area contributed by atoms with Crippen LogP contribution in [0.5, 0.6) is 0 Å². The lowest BCUT2D eigenvalue weighted by molar-refractivity contribution is -0.143. The summed E-state index contributed by atoms with van der Waals surface area (Å²) in [7, 11) is 0. The van der Waals surface area contributed by atoms with Crippen LogP contribution in [-0.2, 0) is 20.9 Å². The van der Waals surface area contributed by atoms with Crippen molar-refractivity contribution in [2.45, 2.75) is 133 Å². The smallest absolute Gasteiger partial charge is 0.258 e. The molecule has 1 saturated carbocycles. The summed E-state index contributed by atoms with van der Waals surface area (Å²) in [5.74, 6) is -0.813. The molecule has 2 aromatic rings. The van der Waals surface area contributed by atoms with Crippen LogP contribution < -0.4 is 10.6 Å². The molecule has 8 nitrogen and oxygen atoms in total. The van der Waals surface area contributed by atoms with Crippen molar-refractivity contribution >= 4 is 56.8 Å². The van der Waals surface area contributed by atoms with Crippen molar-refractivity contribution in [1.29, 1.82) is 0 Å². The SMILES string of the molecule is Cc1ncsc1-c1ccc(CNC(=O)[C@@H]2C[C@@H](O)CN2C(=O)[C@@H](NC(=O)C2(F)CC2)C(C)(C)SCCCCCCCCCCCBr)cc1. The van der Waals surface area contributed by atoms with Crippen molar-refractivity contribution in [2.24, 2.45) is 0 Å². The van der Waals surface area contributed by atoms with Crippen LogP contribution >= 0.6 is 39.0 Å². The van der Waals surface area contributed by atoms with Crippen molar-refractivity contribution in [2.75, 3.05) is 17.6 Å². The molecule has 2 fully saturated rings. The molecule has 2 aliphatic rings. The third kappa shape index (κ3) is 11.0. The van der Waals surface area contributed by atoms with Gasteiger partial charge in [0.2, 0.25) is 11.8 Å². The number of nitrogens with one attached hydrogen (secondary N) is 2. The Bertz CT molecular complexity index is 1350. The van der Waals surface area contributed by atoms with Gasteiger partial charge in [-0.2, -0.15) is 11.8 Å². The Morgan fingerprint density at radius 2 is 1.71 bits per heavy atom. The van der Waals surface area contributed by atoms with Crippen LogP contribution in [0.1, 0.15) is 102 Å². The summed E-state index contributed by atoms with van der Waals surface area (Å²) in [6, 6.07) is 5.94. The summed E-state index contributed by atoms with van der Waals surface area (Å²) in [4.78, 5) is 47.3. The van der Waals surface area contributed by atoms with Gasteiger partial charge in [0.25, 0.3) is 5.91 Å². The first-order valence-corrected chi connectivity index (χ1v) is 20.4. The molecule has 1 aromatic carbocycles. The topological polar surface area (TPSA) is 112 Å². The molecule has 2 heterocycles. The number of unbranched alkanes of at least 4 members (excludes halogenated alkanes) is 8. The molecule has 48 heavy (non-hydrogen) atoms. The van der Waals surface area contributed by atoms with E-state index in [2.05, 4.69) is 31.5 Å². The molecular weight excluding hydrogens is 715 g/mol. The number of aryl methyl sites for hydroxylation is 1. The summed E-state index contributed by atoms with van der Waals surface area (Å²) in [5, 5.41) is 17.3. The first kappa shape index (κ1) is 38.8. The van der Waals surface area contributed by atoms with Crippen LogP contribution in [0.25, 0.3) is 10.4 Å². The average Bonchev–Trinajstić information content (AvgIpc) is 3.47. The predicted molar refractivity (Wildman–Crippen MR) is 197 cm³/mol. The van der Waals surface area contributed by atoms with E-state index in [-0.39, 0.29) is 38.3 Å². The van der Waals surface area contributed by atoms with Gasteiger partial charge in [0, 0.05) is 29.6 Å². The number of rotatable bonds is 20. The van der Waals surface area contributed by atoms with Crippen molar-refractivity contribution in [3.8, 4) is 10.4 Å². The number of aliphatic hydroxyl groups excluding tert-OH is 1. The summed E-state index contributed by atoms with van der Waals surface area (Å²) >= 11 is 6.65. The van der Waals surface area contributed by atoms with Crippen molar-refractivity contribution in [3.05, 3.63) is 41.0 Å². The van der Waals surface area contributed by atoms with E-state index in [1.807, 2.05) is 50.5 Å². The number of aliphatic hydroxyl groups is 1. The number of thiazole rings is 1. The first-order chi connectivity index (χ1) is 22.9. The number of β-amino-alcohol motifs (C(OH)–C–C–N with tert-alkyl or cyclic N) is 1. The number of aromatic nitrogens is 1. The zero-order valence-electron chi connectivity index (χ0n) is 28.6. The first-order valence-electron chi connectivity index (χ1n) is 17.4. The Labute approximate surface area is 301 Å². The van der Waals surface area contributed by atoms with E-state index in [9.17, 15) is 23.9 Å². The van der Waals surface area contributed by atoms with Gasteiger partial charge in [-0.3, -0.25) is 14.4 Å². The maximum Gasteiger partial charge on any atom is 0.258 e. The minimum absolute atomic E-state index is 0.0240. The monoisotopic (exact) mass is 766 g/mol. The standard InChI is InChI=1S/C36H52BrFN4O4S2/c1-25-30(47-24-40-25)27-15-13-26(14-16-27)22-39-32(44)29-21-28(43)23-42(29)33(45)31(41-34(46)36(38)17-18-36)35(2,3)48-20-12-10-8-6-4-5-7-9-11-19-37/h13-16,24,28-29,31,43H,4-12,17-23H2,1-3H3,(H,39,44)(H,41,46)/t28-,29+,31-/m1/s1. The van der Waals surface area contributed by atoms with E-state index in [4.69, 9.17) is 0 Å². The quantitative estimate of drug-likeness (QED) is 0.0980. The van der Waals surface area contributed by atoms with E-state index >= 15 is 0 Å². The lowest BCUT2D eigenvalue weighted by Gasteiger charge is -2.37. The Morgan fingerprint density at radius 3 is 2.29 bits per heavy atom. The predicted octanol–water partition coefficient (Wildman–Crippen LogP) is 7.10. The Balaban J connectivity index is 1.33. The van der Waals surface area contributed by atoms with Crippen LogP contribution in [0, 0.1) is 6.92 Å². The molecule has 0 unspecified atom stereocenters. The van der Waals surface area contributed by atoms with Gasteiger partial charge >= 0.3 is 0 Å². The maximum absolute atomic E-state index is 14.8. The van der Waals surface area contributed by atoms with Crippen LogP contribution in [0.2, 0.25) is 0 Å². The molecule has 4 rings (SSSR count). The third-order valence-electron chi connectivity index (χ3n) is 9.36. The van der Waals surface area contributed by atoms with Crippen molar-refractivity contribution < 1.29 is 23.9 Å². The third-order valence-corrected chi connectivity index (χ3v) is 12.4. The van der Waals surface area contributed by atoms with E-state index in [1.165, 1.54) is 49.8 Å². The highest BCUT2D eigenvalue weighted by Gasteiger charge is 2.54. The fourth-order valence-corrected chi connectivity index (χ4v) is 8.52. The maximum atomic E-state index is 14.8. The second-order valence-electron chi connectivity index (χ2n) is 13.8. The van der Waals surface area contributed by atoms with Gasteiger partial charge in [0.1, 0.15) is 12.1 Å². The van der Waals surface area contributed by atoms with Gasteiger partial charge in [0.15, 0.2) is 5.67 Å². The highest BCUT2D eigenvalue weighted by atomic mass is 79.9. The lowest BCUT2D eigenvalue weighted by atomic mass is 10.00. The Morgan fingerprint density at radius 1 is 1.08 bits per heavy atom. The number of nitrogens with zero attached hydrogens (tertiary/aromatic N) is 2.